The minimum atomic E-state index is -0.595. The van der Waals surface area contributed by atoms with Crippen molar-refractivity contribution in [2.45, 2.75) is 6.92 Å². The van der Waals surface area contributed by atoms with Crippen LogP contribution in [0.2, 0.25) is 0 Å². The number of rotatable bonds is 1. The van der Waals surface area contributed by atoms with Crippen molar-refractivity contribution in [1.82, 2.24) is 0 Å². The van der Waals surface area contributed by atoms with Crippen molar-refractivity contribution in [2.24, 2.45) is 5.73 Å². The molecule has 0 aliphatic heterocycles. The van der Waals surface area contributed by atoms with E-state index in [9.17, 15) is 4.79 Å². The standard InChI is InChI=1S/C4H6ClNO/c1-2-3(6)4(5)7/h2H,6H2,1H3. The van der Waals surface area contributed by atoms with E-state index in [1.165, 1.54) is 6.08 Å². The fraction of sp³-hybridized carbons (Fsp3) is 0.250. The molecule has 3 heteroatoms. The summed E-state index contributed by atoms with van der Waals surface area (Å²) < 4.78 is 0. The molecule has 0 fully saturated rings. The Kier molecular flexibility index (Phi) is 2.45. The van der Waals surface area contributed by atoms with Gasteiger partial charge in [0.1, 0.15) is 0 Å². The quantitative estimate of drug-likeness (QED) is 0.406. The van der Waals surface area contributed by atoms with Crippen molar-refractivity contribution in [3.63, 3.8) is 0 Å². The molecular formula is C4H6ClNO. The molecule has 0 rings (SSSR count). The Bertz CT molecular complexity index is 108. The zero-order valence-electron chi connectivity index (χ0n) is 3.94. The van der Waals surface area contributed by atoms with Gasteiger partial charge in [-0.1, -0.05) is 6.08 Å². The van der Waals surface area contributed by atoms with E-state index in [1.807, 2.05) is 0 Å². The fourth-order valence-electron chi connectivity index (χ4n) is 0.113. The van der Waals surface area contributed by atoms with Gasteiger partial charge in [0.15, 0.2) is 0 Å². The fourth-order valence-corrected chi connectivity index (χ4v) is 0.223. The maximum atomic E-state index is 9.95. The third-order valence-electron chi connectivity index (χ3n) is 0.538. The van der Waals surface area contributed by atoms with Crippen molar-refractivity contribution in [1.29, 1.82) is 0 Å². The molecule has 0 aromatic heterocycles. The molecule has 2 nitrogen and oxygen atoms in total. The van der Waals surface area contributed by atoms with Crippen LogP contribution in [0, 0.1) is 0 Å². The summed E-state index contributed by atoms with van der Waals surface area (Å²) in [6.45, 7) is 1.65. The molecule has 2 N–H and O–H groups in total. The second kappa shape index (κ2) is 2.64. The topological polar surface area (TPSA) is 43.1 Å². The Labute approximate surface area is 46.9 Å². The van der Waals surface area contributed by atoms with Gasteiger partial charge < -0.3 is 5.73 Å². The molecule has 0 atom stereocenters. The summed E-state index contributed by atoms with van der Waals surface area (Å²) >= 11 is 4.90. The lowest BCUT2D eigenvalue weighted by Crippen LogP contribution is -2.03. The highest BCUT2D eigenvalue weighted by atomic mass is 35.5. The van der Waals surface area contributed by atoms with E-state index >= 15 is 0 Å². The van der Waals surface area contributed by atoms with E-state index in [1.54, 1.807) is 6.92 Å². The molecule has 0 radical (unpaired) electrons. The van der Waals surface area contributed by atoms with Crippen molar-refractivity contribution < 1.29 is 4.79 Å². The monoisotopic (exact) mass is 119 g/mol. The van der Waals surface area contributed by atoms with Crippen LogP contribution in [0.4, 0.5) is 0 Å². The number of carbonyl (C=O) groups excluding carboxylic acids is 1. The van der Waals surface area contributed by atoms with Crippen LogP contribution in [0.25, 0.3) is 0 Å². The summed E-state index contributed by atoms with van der Waals surface area (Å²) in [4.78, 5) is 9.95. The van der Waals surface area contributed by atoms with Gasteiger partial charge in [0, 0.05) is 0 Å². The molecular weight excluding hydrogens is 114 g/mol. The molecule has 0 saturated heterocycles. The lowest BCUT2D eigenvalue weighted by Gasteiger charge is -1.83. The Morgan fingerprint density at radius 3 is 2.29 bits per heavy atom. The first-order chi connectivity index (χ1) is 3.18. The molecule has 0 unspecified atom stereocenters. The molecule has 0 bridgehead atoms. The minimum absolute atomic E-state index is 0.0988. The average Bonchev–Trinajstić information content (AvgIpc) is 1.65. The van der Waals surface area contributed by atoms with Crippen LogP contribution in [0.5, 0.6) is 0 Å². The summed E-state index contributed by atoms with van der Waals surface area (Å²) in [6.07, 6.45) is 1.45. The van der Waals surface area contributed by atoms with Crippen molar-refractivity contribution in [3.8, 4) is 0 Å². The lowest BCUT2D eigenvalue weighted by molar-refractivity contribution is -0.108. The Balaban J connectivity index is 3.82. The van der Waals surface area contributed by atoms with Crippen molar-refractivity contribution in [2.75, 3.05) is 0 Å². The first-order valence-electron chi connectivity index (χ1n) is 1.80. The average molecular weight is 120 g/mol. The van der Waals surface area contributed by atoms with Crippen LogP contribution in [-0.2, 0) is 4.79 Å². The molecule has 0 heterocycles. The Hall–Kier alpha value is -0.500. The first kappa shape index (κ1) is 6.50. The van der Waals surface area contributed by atoms with E-state index in [4.69, 9.17) is 17.3 Å². The highest BCUT2D eigenvalue weighted by Gasteiger charge is 1.93. The van der Waals surface area contributed by atoms with Gasteiger partial charge in [-0.05, 0) is 18.5 Å². The van der Waals surface area contributed by atoms with Gasteiger partial charge in [0.05, 0.1) is 5.70 Å². The van der Waals surface area contributed by atoms with Crippen LogP contribution in [-0.4, -0.2) is 5.24 Å². The molecule has 0 amide bonds. The maximum absolute atomic E-state index is 9.95. The Morgan fingerprint density at radius 1 is 1.86 bits per heavy atom. The molecule has 0 aromatic rings. The number of hydrogen-bond acceptors (Lipinski definition) is 2. The second-order valence-corrected chi connectivity index (χ2v) is 1.36. The number of carbonyl (C=O) groups is 1. The zero-order valence-corrected chi connectivity index (χ0v) is 4.70. The SMILES string of the molecule is CC=C(N)C(=O)Cl. The highest BCUT2D eigenvalue weighted by Crippen LogP contribution is 1.88. The number of halogens is 1. The van der Waals surface area contributed by atoms with Crippen LogP contribution in [0.15, 0.2) is 11.8 Å². The lowest BCUT2D eigenvalue weighted by atomic mass is 10.5. The van der Waals surface area contributed by atoms with E-state index in [0.29, 0.717) is 0 Å². The molecule has 0 saturated carbocycles. The third kappa shape index (κ3) is 2.23. The minimum Gasteiger partial charge on any atom is -0.395 e. The van der Waals surface area contributed by atoms with Gasteiger partial charge in [-0.2, -0.15) is 0 Å². The summed E-state index contributed by atoms with van der Waals surface area (Å²) in [5.74, 6) is 0. The zero-order chi connectivity index (χ0) is 5.86. The first-order valence-corrected chi connectivity index (χ1v) is 2.18. The molecule has 0 aliphatic carbocycles. The summed E-state index contributed by atoms with van der Waals surface area (Å²) in [5, 5.41) is -0.595. The van der Waals surface area contributed by atoms with Crippen molar-refractivity contribution in [3.05, 3.63) is 11.8 Å². The summed E-state index contributed by atoms with van der Waals surface area (Å²) in [6, 6.07) is 0. The number of nitrogens with two attached hydrogens (primary N) is 1. The largest absolute Gasteiger partial charge is 0.395 e. The van der Waals surface area contributed by atoms with Gasteiger partial charge in [0.2, 0.25) is 0 Å². The van der Waals surface area contributed by atoms with E-state index in [2.05, 4.69) is 0 Å². The van der Waals surface area contributed by atoms with E-state index < -0.39 is 5.24 Å². The van der Waals surface area contributed by atoms with Gasteiger partial charge in [-0.15, -0.1) is 0 Å². The number of hydrogen-bond donors (Lipinski definition) is 1. The van der Waals surface area contributed by atoms with Gasteiger partial charge in [0.25, 0.3) is 5.24 Å². The van der Waals surface area contributed by atoms with Gasteiger partial charge in [-0.25, -0.2) is 0 Å². The molecule has 0 aliphatic rings. The van der Waals surface area contributed by atoms with Gasteiger partial charge >= 0.3 is 0 Å². The van der Waals surface area contributed by atoms with Crippen LogP contribution >= 0.6 is 11.6 Å². The molecule has 7 heavy (non-hydrogen) atoms. The van der Waals surface area contributed by atoms with Crippen LogP contribution in [0.1, 0.15) is 6.92 Å². The molecule has 0 aromatic carbocycles. The van der Waals surface area contributed by atoms with E-state index in [0.717, 1.165) is 0 Å². The normalized spacial score (nSPS) is 11.4. The number of allylic oxidation sites excluding steroid dienone is 2. The maximum Gasteiger partial charge on any atom is 0.267 e. The highest BCUT2D eigenvalue weighted by molar-refractivity contribution is 6.67. The van der Waals surface area contributed by atoms with Crippen LogP contribution in [0.3, 0.4) is 0 Å². The smallest absolute Gasteiger partial charge is 0.267 e. The summed E-state index contributed by atoms with van der Waals surface area (Å²) in [7, 11) is 0. The summed E-state index contributed by atoms with van der Waals surface area (Å²) in [5.41, 5.74) is 5.09. The predicted molar refractivity (Wildman–Crippen MR) is 28.8 cm³/mol. The third-order valence-corrected chi connectivity index (χ3v) is 0.756. The van der Waals surface area contributed by atoms with Crippen molar-refractivity contribution >= 4 is 16.8 Å². The Morgan fingerprint density at radius 2 is 2.29 bits per heavy atom. The van der Waals surface area contributed by atoms with Gasteiger partial charge in [-0.3, -0.25) is 4.79 Å². The molecule has 40 valence electrons. The van der Waals surface area contributed by atoms with Crippen LogP contribution < -0.4 is 5.73 Å². The molecule has 0 spiro atoms. The predicted octanol–water partition coefficient (Wildman–Crippen LogP) is 0.614. The van der Waals surface area contributed by atoms with E-state index in [-0.39, 0.29) is 5.70 Å². The second-order valence-electron chi connectivity index (χ2n) is 1.02.